The van der Waals surface area contributed by atoms with E-state index in [-0.39, 0.29) is 5.97 Å². The van der Waals surface area contributed by atoms with Crippen molar-refractivity contribution in [3.63, 3.8) is 0 Å². The fraction of sp³-hybridized carbons (Fsp3) is 0.500. The molecule has 0 aliphatic heterocycles. The Kier molecular flexibility index (Phi) is 5.29. The lowest BCUT2D eigenvalue weighted by Gasteiger charge is -1.99. The SMILES string of the molecule is CCOC(=O)CSCc1cnc(Cl)s1. The van der Waals surface area contributed by atoms with Crippen LogP contribution in [-0.2, 0) is 15.3 Å². The van der Waals surface area contributed by atoms with E-state index in [0.717, 1.165) is 10.6 Å². The largest absolute Gasteiger partial charge is 0.465 e. The van der Waals surface area contributed by atoms with Crippen LogP contribution in [0.5, 0.6) is 0 Å². The van der Waals surface area contributed by atoms with Gasteiger partial charge in [0.15, 0.2) is 4.47 Å². The third kappa shape index (κ3) is 4.30. The molecule has 6 heteroatoms. The molecule has 0 atom stereocenters. The molecule has 0 amide bonds. The standard InChI is InChI=1S/C8H10ClNO2S2/c1-2-12-7(11)5-13-4-6-3-10-8(9)14-6/h3H,2,4-5H2,1H3. The van der Waals surface area contributed by atoms with Crippen LogP contribution in [0.1, 0.15) is 11.8 Å². The van der Waals surface area contributed by atoms with Crippen LogP contribution in [0.2, 0.25) is 4.47 Å². The van der Waals surface area contributed by atoms with Gasteiger partial charge in [0.25, 0.3) is 0 Å². The van der Waals surface area contributed by atoms with Gasteiger partial charge in [-0.2, -0.15) is 0 Å². The molecule has 0 spiro atoms. The van der Waals surface area contributed by atoms with E-state index >= 15 is 0 Å². The summed E-state index contributed by atoms with van der Waals surface area (Å²) in [7, 11) is 0. The van der Waals surface area contributed by atoms with E-state index in [1.165, 1.54) is 23.1 Å². The van der Waals surface area contributed by atoms with Crippen LogP contribution < -0.4 is 0 Å². The molecule has 1 aromatic heterocycles. The third-order valence-corrected chi connectivity index (χ3v) is 3.55. The molecular formula is C8H10ClNO2S2. The van der Waals surface area contributed by atoms with Crippen molar-refractivity contribution >= 4 is 40.7 Å². The van der Waals surface area contributed by atoms with E-state index in [2.05, 4.69) is 4.98 Å². The normalized spacial score (nSPS) is 10.1. The predicted octanol–water partition coefficient (Wildman–Crippen LogP) is 2.59. The van der Waals surface area contributed by atoms with Crippen molar-refractivity contribution in [3.8, 4) is 0 Å². The number of carbonyl (C=O) groups is 1. The number of rotatable bonds is 5. The Morgan fingerprint density at radius 2 is 2.57 bits per heavy atom. The number of esters is 1. The topological polar surface area (TPSA) is 39.2 Å². The Labute approximate surface area is 95.8 Å². The molecule has 0 fully saturated rings. The van der Waals surface area contributed by atoms with Gasteiger partial charge in [0.1, 0.15) is 0 Å². The summed E-state index contributed by atoms with van der Waals surface area (Å²) < 4.78 is 5.33. The Balaban J connectivity index is 2.18. The van der Waals surface area contributed by atoms with Crippen molar-refractivity contribution in [1.82, 2.24) is 4.98 Å². The molecule has 1 aromatic rings. The summed E-state index contributed by atoms with van der Waals surface area (Å²) in [6.45, 7) is 2.23. The molecule has 3 nitrogen and oxygen atoms in total. The molecule has 0 unspecified atom stereocenters. The Hall–Kier alpha value is -0.260. The second-order valence-corrected chi connectivity index (χ2v) is 5.06. The molecule has 0 saturated heterocycles. The minimum absolute atomic E-state index is 0.173. The summed E-state index contributed by atoms with van der Waals surface area (Å²) in [4.78, 5) is 15.9. The van der Waals surface area contributed by atoms with Crippen molar-refractivity contribution in [2.75, 3.05) is 12.4 Å². The third-order valence-electron chi connectivity index (χ3n) is 1.29. The van der Waals surface area contributed by atoms with Crippen molar-refractivity contribution < 1.29 is 9.53 Å². The summed E-state index contributed by atoms with van der Waals surface area (Å²) in [5.74, 6) is 0.958. The van der Waals surface area contributed by atoms with Gasteiger partial charge in [0, 0.05) is 16.8 Å². The number of hydrogen-bond donors (Lipinski definition) is 0. The molecule has 0 aliphatic rings. The highest BCUT2D eigenvalue weighted by Crippen LogP contribution is 2.22. The van der Waals surface area contributed by atoms with Crippen molar-refractivity contribution in [2.24, 2.45) is 0 Å². The zero-order valence-electron chi connectivity index (χ0n) is 7.66. The predicted molar refractivity (Wildman–Crippen MR) is 59.9 cm³/mol. The Morgan fingerprint density at radius 1 is 1.79 bits per heavy atom. The highest BCUT2D eigenvalue weighted by atomic mass is 35.5. The number of thioether (sulfide) groups is 1. The Bertz CT molecular complexity index is 303. The van der Waals surface area contributed by atoms with Crippen LogP contribution in [0.15, 0.2) is 6.20 Å². The van der Waals surface area contributed by atoms with Crippen LogP contribution in [0.25, 0.3) is 0 Å². The first kappa shape index (κ1) is 11.8. The Morgan fingerprint density at radius 3 is 3.14 bits per heavy atom. The van der Waals surface area contributed by atoms with Gasteiger partial charge in [-0.15, -0.1) is 23.1 Å². The van der Waals surface area contributed by atoms with Gasteiger partial charge < -0.3 is 4.74 Å². The van der Waals surface area contributed by atoms with Crippen LogP contribution in [0.3, 0.4) is 0 Å². The summed E-state index contributed by atoms with van der Waals surface area (Å²) in [6.07, 6.45) is 1.73. The molecule has 0 bridgehead atoms. The maximum Gasteiger partial charge on any atom is 0.315 e. The van der Waals surface area contributed by atoms with Gasteiger partial charge in [0.2, 0.25) is 0 Å². The van der Waals surface area contributed by atoms with Gasteiger partial charge in [0.05, 0.1) is 12.4 Å². The summed E-state index contributed by atoms with van der Waals surface area (Å²) in [6, 6.07) is 0. The molecule has 0 N–H and O–H groups in total. The van der Waals surface area contributed by atoms with Crippen molar-refractivity contribution in [2.45, 2.75) is 12.7 Å². The average molecular weight is 252 g/mol. The minimum Gasteiger partial charge on any atom is -0.465 e. The first-order valence-electron chi connectivity index (χ1n) is 4.06. The molecule has 14 heavy (non-hydrogen) atoms. The van der Waals surface area contributed by atoms with E-state index in [0.29, 0.717) is 16.8 Å². The van der Waals surface area contributed by atoms with E-state index in [9.17, 15) is 4.79 Å². The van der Waals surface area contributed by atoms with Gasteiger partial charge in [-0.05, 0) is 6.92 Å². The molecule has 1 heterocycles. The first-order chi connectivity index (χ1) is 6.72. The van der Waals surface area contributed by atoms with Crippen LogP contribution in [-0.4, -0.2) is 23.3 Å². The van der Waals surface area contributed by atoms with Crippen LogP contribution in [0, 0.1) is 0 Å². The van der Waals surface area contributed by atoms with E-state index in [1.807, 2.05) is 0 Å². The fourth-order valence-corrected chi connectivity index (χ4v) is 2.67. The molecule has 1 rings (SSSR count). The average Bonchev–Trinajstić information content (AvgIpc) is 2.52. The van der Waals surface area contributed by atoms with Gasteiger partial charge in [-0.25, -0.2) is 4.98 Å². The van der Waals surface area contributed by atoms with E-state index in [4.69, 9.17) is 16.3 Å². The number of hydrogen-bond acceptors (Lipinski definition) is 5. The maximum absolute atomic E-state index is 11.0. The highest BCUT2D eigenvalue weighted by Gasteiger charge is 2.03. The number of thiazole rings is 1. The highest BCUT2D eigenvalue weighted by molar-refractivity contribution is 7.99. The molecule has 0 saturated carbocycles. The molecule has 78 valence electrons. The van der Waals surface area contributed by atoms with Crippen molar-refractivity contribution in [1.29, 1.82) is 0 Å². The summed E-state index contributed by atoms with van der Waals surface area (Å²) in [5, 5.41) is 0. The van der Waals surface area contributed by atoms with Crippen LogP contribution >= 0.6 is 34.7 Å². The lowest BCUT2D eigenvalue weighted by molar-refractivity contribution is -0.139. The molecule has 0 aliphatic carbocycles. The van der Waals surface area contributed by atoms with Gasteiger partial charge >= 0.3 is 5.97 Å². The van der Waals surface area contributed by atoms with E-state index in [1.54, 1.807) is 13.1 Å². The smallest absolute Gasteiger partial charge is 0.315 e. The zero-order valence-corrected chi connectivity index (χ0v) is 10.0. The monoisotopic (exact) mass is 251 g/mol. The molecule has 0 aromatic carbocycles. The van der Waals surface area contributed by atoms with Crippen molar-refractivity contribution in [3.05, 3.63) is 15.5 Å². The molecular weight excluding hydrogens is 242 g/mol. The van der Waals surface area contributed by atoms with Gasteiger partial charge in [-0.3, -0.25) is 4.79 Å². The zero-order chi connectivity index (χ0) is 10.4. The summed E-state index contributed by atoms with van der Waals surface area (Å²) >= 11 is 8.60. The number of carbonyl (C=O) groups excluding carboxylic acids is 1. The summed E-state index contributed by atoms with van der Waals surface area (Å²) in [5.41, 5.74) is 0. The van der Waals surface area contributed by atoms with Crippen LogP contribution in [0.4, 0.5) is 0 Å². The minimum atomic E-state index is -0.173. The number of nitrogens with zero attached hydrogens (tertiary/aromatic N) is 1. The molecule has 0 radical (unpaired) electrons. The first-order valence-corrected chi connectivity index (χ1v) is 6.41. The lowest BCUT2D eigenvalue weighted by Crippen LogP contribution is -2.06. The van der Waals surface area contributed by atoms with E-state index < -0.39 is 0 Å². The number of ether oxygens (including phenoxy) is 1. The number of aromatic nitrogens is 1. The lowest BCUT2D eigenvalue weighted by atomic mass is 10.6. The second-order valence-electron chi connectivity index (χ2n) is 2.38. The maximum atomic E-state index is 11.0. The van der Waals surface area contributed by atoms with Gasteiger partial charge in [-0.1, -0.05) is 11.6 Å². The number of halogens is 1. The fourth-order valence-electron chi connectivity index (χ4n) is 0.788. The quantitative estimate of drug-likeness (QED) is 0.754. The second kappa shape index (κ2) is 6.27.